The van der Waals surface area contributed by atoms with Crippen molar-refractivity contribution in [3.63, 3.8) is 0 Å². The van der Waals surface area contributed by atoms with Gasteiger partial charge >= 0.3 is 0 Å². The van der Waals surface area contributed by atoms with Crippen molar-refractivity contribution in [1.82, 2.24) is 20.6 Å². The van der Waals surface area contributed by atoms with Crippen LogP contribution < -0.4 is 0 Å². The summed E-state index contributed by atoms with van der Waals surface area (Å²) in [5, 5.41) is 36.9. The summed E-state index contributed by atoms with van der Waals surface area (Å²) < 4.78 is 0. The average Bonchev–Trinajstić information content (AvgIpc) is 3.41. The molecule has 1 heterocycles. The maximum atomic E-state index is 11.8. The lowest BCUT2D eigenvalue weighted by Gasteiger charge is -2.64. The third kappa shape index (κ3) is 3.38. The van der Waals surface area contributed by atoms with Crippen LogP contribution in [0.4, 0.5) is 0 Å². The van der Waals surface area contributed by atoms with Crippen molar-refractivity contribution in [3.05, 3.63) is 5.82 Å². The van der Waals surface area contributed by atoms with Gasteiger partial charge in [-0.05, 0) is 104 Å². The first-order valence-electron chi connectivity index (χ1n) is 13.4. The summed E-state index contributed by atoms with van der Waals surface area (Å²) in [6.07, 6.45) is 10.7. The zero-order valence-corrected chi connectivity index (χ0v) is 20.5. The molecule has 4 aliphatic carbocycles. The fraction of sp³-hybridized carbons (Fsp3) is 0.962. The number of aliphatic hydroxyl groups is 2. The molecule has 4 aliphatic rings. The second-order valence-corrected chi connectivity index (χ2v) is 12.5. The highest BCUT2D eigenvalue weighted by Crippen LogP contribution is 2.69. The van der Waals surface area contributed by atoms with Crippen LogP contribution in [0.15, 0.2) is 0 Å². The number of nitrogens with zero attached hydrogens (tertiary/aromatic N) is 3. The van der Waals surface area contributed by atoms with Gasteiger partial charge in [0.05, 0.1) is 12.2 Å². The summed E-state index contributed by atoms with van der Waals surface area (Å²) >= 11 is 0. The normalized spacial score (nSPS) is 49.2. The standard InChI is InChI=1S/C26H44N4O2/c1-5-17-21-14-16(31)10-12-26(21,4)20-11-13-25(3)18(7-8-19(25)23(20)24(17)32)15(2)6-9-22-27-29-30-28-22/h15-21,23-24,31-32H,5-14H2,1-4H3,(H,27,28,29,30)/t15-,16-,17-,18-,19?,20?,21+,23+,24-,25-,26-/m1/s1. The molecule has 0 aliphatic heterocycles. The monoisotopic (exact) mass is 444 g/mol. The van der Waals surface area contributed by atoms with Gasteiger partial charge in [-0.1, -0.05) is 39.3 Å². The van der Waals surface area contributed by atoms with Crippen LogP contribution in [0.3, 0.4) is 0 Å². The zero-order valence-electron chi connectivity index (χ0n) is 20.5. The molecule has 1 aromatic rings. The first-order chi connectivity index (χ1) is 15.3. The van der Waals surface area contributed by atoms with Gasteiger partial charge in [0.25, 0.3) is 0 Å². The Morgan fingerprint density at radius 1 is 1.03 bits per heavy atom. The van der Waals surface area contributed by atoms with Crippen LogP contribution in [0, 0.1) is 52.3 Å². The molecule has 6 heteroatoms. The number of fused-ring (bicyclic) bond motifs is 5. The van der Waals surface area contributed by atoms with E-state index in [0.29, 0.717) is 46.8 Å². The van der Waals surface area contributed by atoms with Crippen molar-refractivity contribution in [2.75, 3.05) is 0 Å². The number of hydrogen-bond acceptors (Lipinski definition) is 5. The molecule has 4 fully saturated rings. The van der Waals surface area contributed by atoms with E-state index in [-0.39, 0.29) is 17.6 Å². The first kappa shape index (κ1) is 22.8. The molecule has 0 saturated heterocycles. The highest BCUT2D eigenvalue weighted by atomic mass is 16.3. The summed E-state index contributed by atoms with van der Waals surface area (Å²) in [5.41, 5.74) is 0.613. The van der Waals surface area contributed by atoms with Crippen LogP contribution in [-0.4, -0.2) is 43.0 Å². The highest BCUT2D eigenvalue weighted by Gasteiger charge is 2.64. The van der Waals surface area contributed by atoms with E-state index in [0.717, 1.165) is 44.3 Å². The molecule has 2 unspecified atom stereocenters. The van der Waals surface area contributed by atoms with E-state index >= 15 is 0 Å². The Hall–Kier alpha value is -1.01. The number of nitrogens with one attached hydrogen (secondary N) is 1. The van der Waals surface area contributed by atoms with E-state index < -0.39 is 0 Å². The van der Waals surface area contributed by atoms with E-state index in [9.17, 15) is 10.2 Å². The number of aromatic amines is 1. The van der Waals surface area contributed by atoms with E-state index in [1.165, 1.54) is 25.7 Å². The van der Waals surface area contributed by atoms with Crippen molar-refractivity contribution in [1.29, 1.82) is 0 Å². The molecular formula is C26H44N4O2. The molecule has 180 valence electrons. The molecule has 4 saturated carbocycles. The Balaban J connectivity index is 1.38. The Morgan fingerprint density at radius 2 is 1.78 bits per heavy atom. The number of aliphatic hydroxyl groups excluding tert-OH is 2. The Morgan fingerprint density at radius 3 is 2.50 bits per heavy atom. The maximum absolute atomic E-state index is 11.8. The van der Waals surface area contributed by atoms with Crippen molar-refractivity contribution in [2.45, 2.75) is 104 Å². The second kappa shape index (κ2) is 8.33. The van der Waals surface area contributed by atoms with Crippen molar-refractivity contribution < 1.29 is 10.2 Å². The molecule has 0 spiro atoms. The SMILES string of the molecule is CC[C@H]1[C@@H](O)[C@H]2C3CC[C@H]([C@H](C)CCc4nn[nH]n4)[C@@]3(C)CCC2[C@@]2(C)CC[C@@H](O)C[C@@H]12. The summed E-state index contributed by atoms with van der Waals surface area (Å²) in [6.45, 7) is 9.77. The largest absolute Gasteiger partial charge is 0.393 e. The summed E-state index contributed by atoms with van der Waals surface area (Å²) in [6, 6.07) is 0. The fourth-order valence-corrected chi connectivity index (χ4v) is 9.78. The Bertz CT molecular complexity index is 787. The van der Waals surface area contributed by atoms with E-state index in [4.69, 9.17) is 0 Å². The number of tetrazole rings is 1. The topological polar surface area (TPSA) is 94.9 Å². The Kier molecular flexibility index (Phi) is 5.93. The molecule has 0 amide bonds. The van der Waals surface area contributed by atoms with Gasteiger partial charge in [0.2, 0.25) is 0 Å². The van der Waals surface area contributed by atoms with Crippen LogP contribution in [0.1, 0.15) is 91.3 Å². The van der Waals surface area contributed by atoms with Crippen LogP contribution in [-0.2, 0) is 6.42 Å². The molecule has 0 radical (unpaired) electrons. The molecule has 0 bridgehead atoms. The number of hydrogen-bond donors (Lipinski definition) is 3. The third-order valence-corrected chi connectivity index (χ3v) is 11.4. The van der Waals surface area contributed by atoms with Crippen molar-refractivity contribution in [2.24, 2.45) is 52.3 Å². The Labute approximate surface area is 193 Å². The quantitative estimate of drug-likeness (QED) is 0.626. The number of rotatable bonds is 5. The van der Waals surface area contributed by atoms with E-state index in [1.54, 1.807) is 0 Å². The highest BCUT2D eigenvalue weighted by molar-refractivity contribution is 5.13. The minimum atomic E-state index is -0.202. The van der Waals surface area contributed by atoms with Gasteiger partial charge in [-0.2, -0.15) is 5.21 Å². The van der Waals surface area contributed by atoms with Crippen LogP contribution in [0.2, 0.25) is 0 Å². The molecule has 32 heavy (non-hydrogen) atoms. The minimum absolute atomic E-state index is 0.171. The van der Waals surface area contributed by atoms with Gasteiger partial charge in [0, 0.05) is 6.42 Å². The first-order valence-corrected chi connectivity index (χ1v) is 13.4. The predicted molar refractivity (Wildman–Crippen MR) is 123 cm³/mol. The lowest BCUT2D eigenvalue weighted by Crippen LogP contribution is -2.62. The molecule has 11 atom stereocenters. The van der Waals surface area contributed by atoms with Crippen LogP contribution in [0.5, 0.6) is 0 Å². The van der Waals surface area contributed by atoms with Crippen molar-refractivity contribution >= 4 is 0 Å². The van der Waals surface area contributed by atoms with E-state index in [1.807, 2.05) is 0 Å². The summed E-state index contributed by atoms with van der Waals surface area (Å²) in [5.74, 6) is 4.67. The molecule has 3 N–H and O–H groups in total. The fourth-order valence-electron chi connectivity index (χ4n) is 9.78. The third-order valence-electron chi connectivity index (χ3n) is 11.4. The molecular weight excluding hydrogens is 400 g/mol. The van der Waals surface area contributed by atoms with Gasteiger partial charge in [-0.15, -0.1) is 10.2 Å². The lowest BCUT2D eigenvalue weighted by atomic mass is 9.41. The van der Waals surface area contributed by atoms with Crippen LogP contribution in [0.25, 0.3) is 0 Å². The lowest BCUT2D eigenvalue weighted by molar-refractivity contribution is -0.203. The van der Waals surface area contributed by atoms with Gasteiger partial charge in [-0.25, -0.2) is 0 Å². The van der Waals surface area contributed by atoms with E-state index in [2.05, 4.69) is 48.3 Å². The minimum Gasteiger partial charge on any atom is -0.393 e. The summed E-state index contributed by atoms with van der Waals surface area (Å²) in [4.78, 5) is 0. The van der Waals surface area contributed by atoms with Gasteiger partial charge in [0.1, 0.15) is 0 Å². The number of H-pyrrole nitrogens is 1. The molecule has 1 aromatic heterocycles. The van der Waals surface area contributed by atoms with Crippen molar-refractivity contribution in [3.8, 4) is 0 Å². The van der Waals surface area contributed by atoms with Gasteiger partial charge < -0.3 is 10.2 Å². The second-order valence-electron chi connectivity index (χ2n) is 12.5. The molecule has 0 aromatic carbocycles. The van der Waals surface area contributed by atoms with Gasteiger partial charge in [-0.3, -0.25) is 0 Å². The smallest absolute Gasteiger partial charge is 0.174 e. The van der Waals surface area contributed by atoms with Gasteiger partial charge in [0.15, 0.2) is 5.82 Å². The average molecular weight is 445 g/mol. The molecule has 6 nitrogen and oxygen atoms in total. The predicted octanol–water partition coefficient (Wildman–Crippen LogP) is 4.40. The number of aromatic nitrogens is 4. The zero-order chi connectivity index (χ0) is 22.7. The summed E-state index contributed by atoms with van der Waals surface area (Å²) in [7, 11) is 0. The number of aryl methyl sites for hydroxylation is 1. The molecule has 5 rings (SSSR count). The maximum Gasteiger partial charge on any atom is 0.174 e. The van der Waals surface area contributed by atoms with Crippen LogP contribution >= 0.6 is 0 Å².